The second kappa shape index (κ2) is 3.69. The van der Waals surface area contributed by atoms with Gasteiger partial charge < -0.3 is 0 Å². The molecule has 0 N–H and O–H groups in total. The summed E-state index contributed by atoms with van der Waals surface area (Å²) in [6, 6.07) is 2.00. The second-order valence-corrected chi connectivity index (χ2v) is 3.43. The number of carbonyl (C=O) groups is 1. The molecule has 0 saturated heterocycles. The first-order valence-corrected chi connectivity index (χ1v) is 4.37. The minimum atomic E-state index is -0.433. The van der Waals surface area contributed by atoms with E-state index >= 15 is 0 Å². The molecule has 0 aliphatic rings. The van der Waals surface area contributed by atoms with E-state index in [1.165, 1.54) is 11.6 Å². The smallest absolute Gasteiger partial charge is 0.245 e. The normalized spacial score (nSPS) is 10.7. The van der Waals surface area contributed by atoms with Gasteiger partial charge in [0.25, 0.3) is 0 Å². The minimum Gasteiger partial charge on any atom is -0.276 e. The van der Waals surface area contributed by atoms with E-state index < -0.39 is 5.24 Å². The Morgan fingerprint density at radius 2 is 2.45 bits per heavy atom. The van der Waals surface area contributed by atoms with E-state index in [2.05, 4.69) is 0 Å². The highest BCUT2D eigenvalue weighted by molar-refractivity contribution is 7.11. The molecule has 1 nitrogen and oxygen atoms in total. The number of thiophene rings is 1. The summed E-state index contributed by atoms with van der Waals surface area (Å²) in [5.41, 5.74) is 1.17. The van der Waals surface area contributed by atoms with Gasteiger partial charge in [0.2, 0.25) is 5.24 Å². The molecule has 58 valence electrons. The molecule has 11 heavy (non-hydrogen) atoms. The van der Waals surface area contributed by atoms with Gasteiger partial charge in [-0.1, -0.05) is 0 Å². The lowest BCUT2D eigenvalue weighted by Crippen LogP contribution is -1.74. The minimum absolute atomic E-state index is 0.433. The van der Waals surface area contributed by atoms with E-state index in [9.17, 15) is 4.79 Å². The van der Waals surface area contributed by atoms with Crippen molar-refractivity contribution in [1.29, 1.82) is 0 Å². The summed E-state index contributed by atoms with van der Waals surface area (Å²) in [6.45, 7) is 1.99. The maximum Gasteiger partial charge on any atom is 0.245 e. The van der Waals surface area contributed by atoms with Gasteiger partial charge in [0.1, 0.15) is 0 Å². The fraction of sp³-hybridized carbons (Fsp3) is 0.125. The quantitative estimate of drug-likeness (QED) is 0.513. The highest BCUT2D eigenvalue weighted by Crippen LogP contribution is 2.16. The molecule has 0 atom stereocenters. The zero-order valence-corrected chi connectivity index (χ0v) is 7.58. The van der Waals surface area contributed by atoms with Crippen LogP contribution in [-0.2, 0) is 4.79 Å². The Morgan fingerprint density at radius 1 is 1.73 bits per heavy atom. The monoisotopic (exact) mass is 186 g/mol. The zero-order chi connectivity index (χ0) is 8.27. The van der Waals surface area contributed by atoms with E-state index in [4.69, 9.17) is 11.6 Å². The second-order valence-electron chi connectivity index (χ2n) is 2.11. The maximum atomic E-state index is 10.3. The molecule has 1 heterocycles. The summed E-state index contributed by atoms with van der Waals surface area (Å²) >= 11 is 6.72. The first-order valence-electron chi connectivity index (χ1n) is 3.12. The van der Waals surface area contributed by atoms with E-state index in [1.54, 1.807) is 17.4 Å². The third-order valence-electron chi connectivity index (χ3n) is 1.27. The molecule has 3 heteroatoms. The van der Waals surface area contributed by atoms with Crippen molar-refractivity contribution in [3.8, 4) is 0 Å². The molecular weight excluding hydrogens is 180 g/mol. The van der Waals surface area contributed by atoms with Crippen LogP contribution in [-0.4, -0.2) is 5.24 Å². The number of hydrogen-bond donors (Lipinski definition) is 0. The Labute approximate surface area is 74.3 Å². The van der Waals surface area contributed by atoms with Crippen molar-refractivity contribution >= 4 is 34.3 Å². The van der Waals surface area contributed by atoms with Crippen molar-refractivity contribution in [3.63, 3.8) is 0 Å². The molecule has 0 aromatic carbocycles. The van der Waals surface area contributed by atoms with Gasteiger partial charge in [-0.2, -0.15) is 0 Å². The Bertz CT molecular complexity index is 288. The fourth-order valence-electron chi connectivity index (χ4n) is 0.696. The largest absolute Gasteiger partial charge is 0.276 e. The van der Waals surface area contributed by atoms with Gasteiger partial charge in [0, 0.05) is 4.88 Å². The van der Waals surface area contributed by atoms with Crippen LogP contribution in [0.4, 0.5) is 0 Å². The average Bonchev–Trinajstić information content (AvgIpc) is 2.31. The third kappa shape index (κ3) is 2.48. The van der Waals surface area contributed by atoms with Gasteiger partial charge >= 0.3 is 0 Å². The lowest BCUT2D eigenvalue weighted by Gasteiger charge is -1.85. The van der Waals surface area contributed by atoms with Gasteiger partial charge in [-0.3, -0.25) is 4.79 Å². The van der Waals surface area contributed by atoms with Crippen molar-refractivity contribution < 1.29 is 4.79 Å². The lowest BCUT2D eigenvalue weighted by molar-refractivity contribution is -0.107. The van der Waals surface area contributed by atoms with Crippen molar-refractivity contribution in [2.24, 2.45) is 0 Å². The van der Waals surface area contributed by atoms with Gasteiger partial charge in [-0.05, 0) is 47.7 Å². The number of hydrogen-bond acceptors (Lipinski definition) is 2. The van der Waals surface area contributed by atoms with Crippen molar-refractivity contribution in [2.75, 3.05) is 0 Å². The average molecular weight is 187 g/mol. The summed E-state index contributed by atoms with van der Waals surface area (Å²) in [7, 11) is 0. The summed E-state index contributed by atoms with van der Waals surface area (Å²) in [4.78, 5) is 11.4. The van der Waals surface area contributed by atoms with Crippen LogP contribution in [0.15, 0.2) is 17.5 Å². The van der Waals surface area contributed by atoms with Crippen LogP contribution in [0.25, 0.3) is 6.08 Å². The predicted molar refractivity (Wildman–Crippen MR) is 49.0 cm³/mol. The molecule has 1 rings (SSSR count). The Balaban J connectivity index is 2.79. The van der Waals surface area contributed by atoms with E-state index in [0.717, 1.165) is 4.88 Å². The summed E-state index contributed by atoms with van der Waals surface area (Å²) < 4.78 is 0. The van der Waals surface area contributed by atoms with Crippen LogP contribution in [0.5, 0.6) is 0 Å². The van der Waals surface area contributed by atoms with E-state index in [0.29, 0.717) is 0 Å². The highest BCUT2D eigenvalue weighted by Gasteiger charge is 1.94. The van der Waals surface area contributed by atoms with Crippen LogP contribution in [0.3, 0.4) is 0 Å². The SMILES string of the molecule is Cc1ccsc1C=CC(=O)Cl. The molecule has 0 aliphatic heterocycles. The van der Waals surface area contributed by atoms with Crippen LogP contribution >= 0.6 is 22.9 Å². The molecule has 0 aliphatic carbocycles. The molecule has 1 aromatic rings. The molecule has 0 saturated carbocycles. The first-order chi connectivity index (χ1) is 5.20. The summed E-state index contributed by atoms with van der Waals surface area (Å²) in [5, 5.41) is 1.55. The standard InChI is InChI=1S/C8H7ClOS/c1-6-4-5-11-7(6)2-3-8(9)10/h2-5H,1H3. The maximum absolute atomic E-state index is 10.3. The third-order valence-corrected chi connectivity index (χ3v) is 2.38. The fourth-order valence-corrected chi connectivity index (χ4v) is 1.58. The van der Waals surface area contributed by atoms with Gasteiger partial charge in [-0.25, -0.2) is 0 Å². The molecule has 0 fully saturated rings. The number of allylic oxidation sites excluding steroid dienone is 1. The Hall–Kier alpha value is -0.600. The Morgan fingerprint density at radius 3 is 2.91 bits per heavy atom. The van der Waals surface area contributed by atoms with Crippen LogP contribution in [0.1, 0.15) is 10.4 Å². The number of carbonyl (C=O) groups excluding carboxylic acids is 1. The molecular formula is C8H7ClOS. The molecule has 0 bridgehead atoms. The number of aryl methyl sites for hydroxylation is 1. The summed E-state index contributed by atoms with van der Waals surface area (Å²) in [5.74, 6) is 0. The van der Waals surface area contributed by atoms with Crippen molar-refractivity contribution in [1.82, 2.24) is 0 Å². The van der Waals surface area contributed by atoms with Gasteiger partial charge in [-0.15, -0.1) is 11.3 Å². The van der Waals surface area contributed by atoms with Crippen molar-refractivity contribution in [2.45, 2.75) is 6.92 Å². The summed E-state index contributed by atoms with van der Waals surface area (Å²) in [6.07, 6.45) is 3.09. The van der Waals surface area contributed by atoms with Crippen LogP contribution in [0.2, 0.25) is 0 Å². The van der Waals surface area contributed by atoms with Crippen LogP contribution < -0.4 is 0 Å². The molecule has 0 spiro atoms. The molecule has 1 aromatic heterocycles. The van der Waals surface area contributed by atoms with E-state index in [-0.39, 0.29) is 0 Å². The molecule has 0 amide bonds. The van der Waals surface area contributed by atoms with Gasteiger partial charge in [0.15, 0.2) is 0 Å². The zero-order valence-electron chi connectivity index (χ0n) is 6.00. The lowest BCUT2D eigenvalue weighted by atomic mass is 10.3. The predicted octanol–water partition coefficient (Wildman–Crippen LogP) is 2.84. The van der Waals surface area contributed by atoms with Gasteiger partial charge in [0.05, 0.1) is 0 Å². The van der Waals surface area contributed by atoms with E-state index in [1.807, 2.05) is 18.4 Å². The van der Waals surface area contributed by atoms with Crippen LogP contribution in [0, 0.1) is 6.92 Å². The highest BCUT2D eigenvalue weighted by atomic mass is 35.5. The molecule has 0 unspecified atom stereocenters. The topological polar surface area (TPSA) is 17.1 Å². The Kier molecular flexibility index (Phi) is 2.85. The number of halogens is 1. The van der Waals surface area contributed by atoms with Crippen molar-refractivity contribution in [3.05, 3.63) is 28.0 Å². The first kappa shape index (κ1) is 8.50. The molecule has 0 radical (unpaired) electrons. The number of rotatable bonds is 2.